The molecule has 0 spiro atoms. The highest BCUT2D eigenvalue weighted by Crippen LogP contribution is 2.13. The number of unbranched alkanes of at least 4 members (excludes halogenated alkanes) is 4. The van der Waals surface area contributed by atoms with E-state index in [1.54, 1.807) is 0 Å². The fourth-order valence-corrected chi connectivity index (χ4v) is 1.63. The van der Waals surface area contributed by atoms with Gasteiger partial charge in [-0.25, -0.2) is 0 Å². The first-order chi connectivity index (χ1) is 6.70. The molecule has 0 aliphatic carbocycles. The summed E-state index contributed by atoms with van der Waals surface area (Å²) in [5, 5.41) is 9.66. The highest BCUT2D eigenvalue weighted by atomic mass is 16.3. The number of hydrogen-bond donors (Lipinski definition) is 1. The SMILES string of the molecule is C=C[C@H](C)C[C@H](O)CCCCCCC. The van der Waals surface area contributed by atoms with Gasteiger partial charge in [0.25, 0.3) is 0 Å². The Hall–Kier alpha value is -0.300. The molecule has 84 valence electrons. The molecule has 0 heterocycles. The third kappa shape index (κ3) is 8.31. The van der Waals surface area contributed by atoms with Crippen LogP contribution in [0.25, 0.3) is 0 Å². The van der Waals surface area contributed by atoms with Crippen molar-refractivity contribution < 1.29 is 5.11 Å². The van der Waals surface area contributed by atoms with Crippen molar-refractivity contribution in [1.82, 2.24) is 0 Å². The van der Waals surface area contributed by atoms with Gasteiger partial charge < -0.3 is 5.11 Å². The van der Waals surface area contributed by atoms with Crippen LogP contribution < -0.4 is 0 Å². The van der Waals surface area contributed by atoms with E-state index in [-0.39, 0.29) is 6.10 Å². The third-order valence-electron chi connectivity index (χ3n) is 2.69. The van der Waals surface area contributed by atoms with Crippen LogP contribution in [-0.4, -0.2) is 11.2 Å². The number of aliphatic hydroxyl groups excluding tert-OH is 1. The second kappa shape index (κ2) is 9.26. The minimum atomic E-state index is -0.121. The van der Waals surface area contributed by atoms with Crippen LogP contribution >= 0.6 is 0 Å². The second-order valence-electron chi connectivity index (χ2n) is 4.31. The molecular weight excluding hydrogens is 172 g/mol. The van der Waals surface area contributed by atoms with Crippen molar-refractivity contribution in [3.63, 3.8) is 0 Å². The van der Waals surface area contributed by atoms with Crippen molar-refractivity contribution in [2.45, 2.75) is 64.9 Å². The lowest BCUT2D eigenvalue weighted by Crippen LogP contribution is -2.10. The van der Waals surface area contributed by atoms with Gasteiger partial charge in [-0.2, -0.15) is 0 Å². The molecule has 0 unspecified atom stereocenters. The molecule has 0 aliphatic heterocycles. The zero-order chi connectivity index (χ0) is 10.8. The lowest BCUT2D eigenvalue weighted by atomic mass is 9.99. The molecule has 0 bridgehead atoms. The fraction of sp³-hybridized carbons (Fsp3) is 0.846. The molecule has 1 heteroatoms. The van der Waals surface area contributed by atoms with E-state index >= 15 is 0 Å². The molecular formula is C13H26O. The van der Waals surface area contributed by atoms with Gasteiger partial charge in [0, 0.05) is 0 Å². The van der Waals surface area contributed by atoms with Gasteiger partial charge in [-0.05, 0) is 18.8 Å². The summed E-state index contributed by atoms with van der Waals surface area (Å²) < 4.78 is 0. The molecule has 0 radical (unpaired) electrons. The summed E-state index contributed by atoms with van der Waals surface area (Å²) >= 11 is 0. The van der Waals surface area contributed by atoms with Crippen molar-refractivity contribution in [3.8, 4) is 0 Å². The molecule has 0 aromatic heterocycles. The van der Waals surface area contributed by atoms with Crippen LogP contribution in [0.3, 0.4) is 0 Å². The van der Waals surface area contributed by atoms with E-state index in [0.717, 1.165) is 12.8 Å². The van der Waals surface area contributed by atoms with Crippen molar-refractivity contribution in [3.05, 3.63) is 12.7 Å². The topological polar surface area (TPSA) is 20.2 Å². The Labute approximate surface area is 89.2 Å². The predicted molar refractivity (Wildman–Crippen MR) is 63.4 cm³/mol. The third-order valence-corrected chi connectivity index (χ3v) is 2.69. The average Bonchev–Trinajstić information content (AvgIpc) is 2.17. The molecule has 0 aromatic carbocycles. The highest BCUT2D eigenvalue weighted by molar-refractivity contribution is 4.77. The van der Waals surface area contributed by atoms with Crippen LogP contribution in [0.5, 0.6) is 0 Å². The normalized spacial score (nSPS) is 15.1. The van der Waals surface area contributed by atoms with Gasteiger partial charge in [0.2, 0.25) is 0 Å². The molecule has 1 nitrogen and oxygen atoms in total. The van der Waals surface area contributed by atoms with Crippen molar-refractivity contribution in [2.75, 3.05) is 0 Å². The molecule has 0 rings (SSSR count). The summed E-state index contributed by atoms with van der Waals surface area (Å²) in [7, 11) is 0. The van der Waals surface area contributed by atoms with Gasteiger partial charge in [-0.1, -0.05) is 52.0 Å². The number of aliphatic hydroxyl groups is 1. The first-order valence-electron chi connectivity index (χ1n) is 6.01. The minimum absolute atomic E-state index is 0.121. The molecule has 0 saturated heterocycles. The molecule has 0 aliphatic rings. The summed E-state index contributed by atoms with van der Waals surface area (Å²) in [6, 6.07) is 0. The average molecular weight is 198 g/mol. The first-order valence-corrected chi connectivity index (χ1v) is 6.01. The molecule has 0 amide bonds. The predicted octanol–water partition coefficient (Wildman–Crippen LogP) is 3.92. The quantitative estimate of drug-likeness (QED) is 0.440. The van der Waals surface area contributed by atoms with Gasteiger partial charge in [0.05, 0.1) is 6.10 Å². The van der Waals surface area contributed by atoms with Gasteiger partial charge in [0.15, 0.2) is 0 Å². The second-order valence-corrected chi connectivity index (χ2v) is 4.31. The van der Waals surface area contributed by atoms with Crippen molar-refractivity contribution in [1.29, 1.82) is 0 Å². The van der Waals surface area contributed by atoms with Crippen LogP contribution in [0.2, 0.25) is 0 Å². The van der Waals surface area contributed by atoms with Crippen LogP contribution in [0.4, 0.5) is 0 Å². The number of rotatable bonds is 9. The van der Waals surface area contributed by atoms with Crippen LogP contribution in [0.1, 0.15) is 58.8 Å². The maximum Gasteiger partial charge on any atom is 0.0545 e. The van der Waals surface area contributed by atoms with Gasteiger partial charge in [-0.15, -0.1) is 6.58 Å². The number of hydrogen-bond acceptors (Lipinski definition) is 1. The van der Waals surface area contributed by atoms with E-state index < -0.39 is 0 Å². The summed E-state index contributed by atoms with van der Waals surface area (Å²) in [5.74, 6) is 0.445. The first kappa shape index (κ1) is 13.7. The van der Waals surface area contributed by atoms with Crippen LogP contribution in [-0.2, 0) is 0 Å². The molecule has 2 atom stereocenters. The zero-order valence-corrected chi connectivity index (χ0v) is 9.84. The Morgan fingerprint density at radius 1 is 1.21 bits per heavy atom. The Morgan fingerprint density at radius 3 is 2.43 bits per heavy atom. The Kier molecular flexibility index (Phi) is 9.06. The van der Waals surface area contributed by atoms with Crippen molar-refractivity contribution >= 4 is 0 Å². The van der Waals surface area contributed by atoms with Gasteiger partial charge in [0.1, 0.15) is 0 Å². The molecule has 1 N–H and O–H groups in total. The minimum Gasteiger partial charge on any atom is -0.393 e. The highest BCUT2D eigenvalue weighted by Gasteiger charge is 2.06. The van der Waals surface area contributed by atoms with E-state index in [1.165, 1.54) is 32.1 Å². The summed E-state index contributed by atoms with van der Waals surface area (Å²) in [6.07, 6.45) is 10.0. The van der Waals surface area contributed by atoms with E-state index in [9.17, 15) is 5.11 Å². The summed E-state index contributed by atoms with van der Waals surface area (Å²) in [5.41, 5.74) is 0. The maximum absolute atomic E-state index is 9.66. The van der Waals surface area contributed by atoms with Gasteiger partial charge in [-0.3, -0.25) is 0 Å². The smallest absolute Gasteiger partial charge is 0.0545 e. The zero-order valence-electron chi connectivity index (χ0n) is 9.84. The fourth-order valence-electron chi connectivity index (χ4n) is 1.63. The lowest BCUT2D eigenvalue weighted by molar-refractivity contribution is 0.140. The maximum atomic E-state index is 9.66. The molecule has 0 saturated carbocycles. The van der Waals surface area contributed by atoms with Crippen LogP contribution in [0.15, 0.2) is 12.7 Å². The molecule has 0 fully saturated rings. The standard InChI is InChI=1S/C13H26O/c1-4-6-7-8-9-10-13(14)11-12(3)5-2/h5,12-14H,2,4,6-11H2,1,3H3/t12-,13+/m0/s1. The Morgan fingerprint density at radius 2 is 1.86 bits per heavy atom. The van der Waals surface area contributed by atoms with Gasteiger partial charge >= 0.3 is 0 Å². The summed E-state index contributed by atoms with van der Waals surface area (Å²) in [6.45, 7) is 8.05. The number of allylic oxidation sites excluding steroid dienone is 1. The lowest BCUT2D eigenvalue weighted by Gasteiger charge is -2.12. The van der Waals surface area contributed by atoms with Crippen LogP contribution in [0, 0.1) is 5.92 Å². The van der Waals surface area contributed by atoms with E-state index in [4.69, 9.17) is 0 Å². The molecule has 14 heavy (non-hydrogen) atoms. The van der Waals surface area contributed by atoms with E-state index in [1.807, 2.05) is 6.08 Å². The van der Waals surface area contributed by atoms with Crippen molar-refractivity contribution in [2.24, 2.45) is 5.92 Å². The Bertz CT molecular complexity index is 131. The van der Waals surface area contributed by atoms with E-state index in [0.29, 0.717) is 5.92 Å². The summed E-state index contributed by atoms with van der Waals surface area (Å²) in [4.78, 5) is 0. The molecule has 0 aromatic rings. The Balaban J connectivity index is 3.26. The monoisotopic (exact) mass is 198 g/mol. The van der Waals surface area contributed by atoms with E-state index in [2.05, 4.69) is 20.4 Å². The largest absolute Gasteiger partial charge is 0.393 e.